The quantitative estimate of drug-likeness (QED) is 0.825. The molecule has 0 aliphatic rings. The molecule has 0 atom stereocenters. The minimum Gasteiger partial charge on any atom is -0.343 e. The Morgan fingerprint density at radius 3 is 2.71 bits per heavy atom. The molecule has 88 valence electrons. The summed E-state index contributed by atoms with van der Waals surface area (Å²) in [5.41, 5.74) is 4.35. The lowest BCUT2D eigenvalue weighted by Crippen LogP contribution is -2.00. The van der Waals surface area contributed by atoms with Gasteiger partial charge in [-0.15, -0.1) is 0 Å². The monoisotopic (exact) mass is 245 g/mol. The van der Waals surface area contributed by atoms with Crippen LogP contribution in [0.25, 0.3) is 11.4 Å². The number of nitrogens with one attached hydrogen (secondary N) is 1. The van der Waals surface area contributed by atoms with Gasteiger partial charge in [-0.1, -0.05) is 19.1 Å². The standard InChI is InChI=1S/C13H15N3S/c1-4-10-9(3)15-12(16-13(10)17)11-7-14-6-5-8(11)2/h5-7H,4H2,1-3H3,(H,15,16,17). The minimum absolute atomic E-state index is 0.682. The van der Waals surface area contributed by atoms with E-state index in [2.05, 4.69) is 21.9 Å². The predicted molar refractivity (Wildman–Crippen MR) is 71.5 cm³/mol. The number of aromatic nitrogens is 3. The molecule has 0 bridgehead atoms. The van der Waals surface area contributed by atoms with Crippen LogP contribution < -0.4 is 0 Å². The zero-order chi connectivity index (χ0) is 12.4. The Kier molecular flexibility index (Phi) is 3.33. The lowest BCUT2D eigenvalue weighted by Gasteiger charge is -2.08. The first-order valence-corrected chi connectivity index (χ1v) is 6.05. The summed E-state index contributed by atoms with van der Waals surface area (Å²) in [5.74, 6) is 0.801. The highest BCUT2D eigenvalue weighted by molar-refractivity contribution is 7.71. The second kappa shape index (κ2) is 4.75. The Balaban J connectivity index is 2.63. The number of rotatable bonds is 2. The van der Waals surface area contributed by atoms with E-state index in [9.17, 15) is 0 Å². The second-order valence-corrected chi connectivity index (χ2v) is 4.42. The van der Waals surface area contributed by atoms with Crippen molar-refractivity contribution in [3.8, 4) is 11.4 Å². The molecule has 0 radical (unpaired) electrons. The van der Waals surface area contributed by atoms with E-state index in [1.807, 2.05) is 26.1 Å². The summed E-state index contributed by atoms with van der Waals surface area (Å²) in [6, 6.07) is 1.97. The Morgan fingerprint density at radius 1 is 1.35 bits per heavy atom. The minimum atomic E-state index is 0.682. The van der Waals surface area contributed by atoms with Crippen molar-refractivity contribution in [2.45, 2.75) is 27.2 Å². The van der Waals surface area contributed by atoms with Crippen LogP contribution in [0.3, 0.4) is 0 Å². The largest absolute Gasteiger partial charge is 0.343 e. The van der Waals surface area contributed by atoms with Gasteiger partial charge < -0.3 is 4.98 Å². The third-order valence-electron chi connectivity index (χ3n) is 2.88. The van der Waals surface area contributed by atoms with E-state index >= 15 is 0 Å². The lowest BCUT2D eigenvalue weighted by molar-refractivity contribution is 0.986. The van der Waals surface area contributed by atoms with Crippen LogP contribution in [-0.4, -0.2) is 15.0 Å². The summed E-state index contributed by atoms with van der Waals surface area (Å²) >= 11 is 5.32. The van der Waals surface area contributed by atoms with Crippen molar-refractivity contribution in [2.24, 2.45) is 0 Å². The van der Waals surface area contributed by atoms with Gasteiger partial charge in [-0.05, 0) is 31.9 Å². The normalized spacial score (nSPS) is 10.5. The molecule has 17 heavy (non-hydrogen) atoms. The van der Waals surface area contributed by atoms with Gasteiger partial charge in [0, 0.05) is 29.2 Å². The van der Waals surface area contributed by atoms with Gasteiger partial charge in [0.25, 0.3) is 0 Å². The van der Waals surface area contributed by atoms with E-state index in [-0.39, 0.29) is 0 Å². The summed E-state index contributed by atoms with van der Waals surface area (Å²) in [7, 11) is 0. The average Bonchev–Trinajstić information content (AvgIpc) is 2.29. The molecule has 4 heteroatoms. The third kappa shape index (κ3) is 2.26. The van der Waals surface area contributed by atoms with Crippen molar-refractivity contribution in [1.29, 1.82) is 0 Å². The maximum absolute atomic E-state index is 5.32. The maximum atomic E-state index is 5.32. The van der Waals surface area contributed by atoms with Gasteiger partial charge in [-0.3, -0.25) is 4.98 Å². The van der Waals surface area contributed by atoms with Crippen LogP contribution in [0.2, 0.25) is 0 Å². The highest BCUT2D eigenvalue weighted by atomic mass is 32.1. The first kappa shape index (κ1) is 11.9. The van der Waals surface area contributed by atoms with Crippen LogP contribution in [0.4, 0.5) is 0 Å². The second-order valence-electron chi connectivity index (χ2n) is 4.04. The molecule has 2 aromatic rings. The molecular formula is C13H15N3S. The summed E-state index contributed by atoms with van der Waals surface area (Å²) in [5, 5.41) is 0. The number of pyridine rings is 1. The summed E-state index contributed by atoms with van der Waals surface area (Å²) in [6.45, 7) is 6.16. The molecule has 2 heterocycles. The van der Waals surface area contributed by atoms with Gasteiger partial charge in [0.05, 0.1) is 0 Å². The summed E-state index contributed by atoms with van der Waals surface area (Å²) in [4.78, 5) is 11.9. The topological polar surface area (TPSA) is 41.6 Å². The van der Waals surface area contributed by atoms with Gasteiger partial charge in [0.2, 0.25) is 0 Å². The summed E-state index contributed by atoms with van der Waals surface area (Å²) < 4.78 is 0.682. The van der Waals surface area contributed by atoms with Crippen LogP contribution in [0.15, 0.2) is 18.5 Å². The Labute approximate surface area is 106 Å². The third-order valence-corrected chi connectivity index (χ3v) is 3.22. The maximum Gasteiger partial charge on any atom is 0.140 e. The van der Waals surface area contributed by atoms with E-state index in [0.717, 1.165) is 34.6 Å². The van der Waals surface area contributed by atoms with Crippen molar-refractivity contribution in [1.82, 2.24) is 15.0 Å². The Morgan fingerprint density at radius 2 is 2.12 bits per heavy atom. The van der Waals surface area contributed by atoms with Crippen LogP contribution in [0.1, 0.15) is 23.7 Å². The number of hydrogen-bond acceptors (Lipinski definition) is 3. The first-order chi connectivity index (χ1) is 8.13. The molecule has 0 amide bonds. The zero-order valence-corrected chi connectivity index (χ0v) is 11.1. The fourth-order valence-corrected chi connectivity index (χ4v) is 2.25. The molecule has 0 saturated heterocycles. The smallest absolute Gasteiger partial charge is 0.140 e. The number of nitrogens with zero attached hydrogens (tertiary/aromatic N) is 2. The molecule has 2 aromatic heterocycles. The van der Waals surface area contributed by atoms with Crippen LogP contribution in [0.5, 0.6) is 0 Å². The van der Waals surface area contributed by atoms with E-state index in [1.165, 1.54) is 0 Å². The van der Waals surface area contributed by atoms with E-state index in [0.29, 0.717) is 4.64 Å². The number of aromatic amines is 1. The van der Waals surface area contributed by atoms with Crippen molar-refractivity contribution in [3.63, 3.8) is 0 Å². The lowest BCUT2D eigenvalue weighted by atomic mass is 10.1. The average molecular weight is 245 g/mol. The fraction of sp³-hybridized carbons (Fsp3) is 0.308. The molecule has 0 aromatic carbocycles. The molecule has 2 rings (SSSR count). The van der Waals surface area contributed by atoms with Crippen LogP contribution in [0, 0.1) is 18.5 Å². The zero-order valence-electron chi connectivity index (χ0n) is 10.2. The SMILES string of the molecule is CCc1c(C)[nH]c(-c2cnccc2C)nc1=S. The number of hydrogen-bond donors (Lipinski definition) is 1. The fourth-order valence-electron chi connectivity index (χ4n) is 1.87. The Bertz CT molecular complexity index is 602. The van der Waals surface area contributed by atoms with Crippen molar-refractivity contribution in [3.05, 3.63) is 39.9 Å². The first-order valence-electron chi connectivity index (χ1n) is 5.64. The van der Waals surface area contributed by atoms with Crippen LogP contribution >= 0.6 is 12.2 Å². The molecular weight excluding hydrogens is 230 g/mol. The van der Waals surface area contributed by atoms with Crippen molar-refractivity contribution < 1.29 is 0 Å². The summed E-state index contributed by atoms with van der Waals surface area (Å²) in [6.07, 6.45) is 4.50. The van der Waals surface area contributed by atoms with E-state index in [4.69, 9.17) is 12.2 Å². The van der Waals surface area contributed by atoms with Crippen molar-refractivity contribution in [2.75, 3.05) is 0 Å². The van der Waals surface area contributed by atoms with Gasteiger partial charge >= 0.3 is 0 Å². The molecule has 0 aliphatic carbocycles. The van der Waals surface area contributed by atoms with Gasteiger partial charge in [-0.25, -0.2) is 4.98 Å². The van der Waals surface area contributed by atoms with Crippen molar-refractivity contribution >= 4 is 12.2 Å². The highest BCUT2D eigenvalue weighted by Gasteiger charge is 2.07. The molecule has 3 nitrogen and oxygen atoms in total. The molecule has 0 saturated carbocycles. The van der Waals surface area contributed by atoms with E-state index < -0.39 is 0 Å². The molecule has 0 fully saturated rings. The van der Waals surface area contributed by atoms with Gasteiger partial charge in [0.1, 0.15) is 10.5 Å². The highest BCUT2D eigenvalue weighted by Crippen LogP contribution is 2.19. The molecule has 0 unspecified atom stereocenters. The Hall–Kier alpha value is -1.55. The molecule has 0 aliphatic heterocycles. The molecule has 1 N–H and O–H groups in total. The van der Waals surface area contributed by atoms with Crippen LogP contribution in [-0.2, 0) is 6.42 Å². The predicted octanol–water partition coefficient (Wildman–Crippen LogP) is 3.38. The van der Waals surface area contributed by atoms with E-state index in [1.54, 1.807) is 6.20 Å². The number of H-pyrrole nitrogens is 1. The number of aryl methyl sites for hydroxylation is 2. The van der Waals surface area contributed by atoms with Gasteiger partial charge in [-0.2, -0.15) is 0 Å². The molecule has 0 spiro atoms. The van der Waals surface area contributed by atoms with Gasteiger partial charge in [0.15, 0.2) is 0 Å².